The van der Waals surface area contributed by atoms with Crippen molar-refractivity contribution in [2.45, 2.75) is 0 Å². The van der Waals surface area contributed by atoms with Crippen molar-refractivity contribution in [3.8, 4) is 29.6 Å². The maximum absolute atomic E-state index is 5.35. The fourth-order valence-corrected chi connectivity index (χ4v) is 1.52. The SMILES string of the molecule is C#CCOc1c(OC)cc(Br)cc1OC. The van der Waals surface area contributed by atoms with E-state index in [1.807, 2.05) is 0 Å². The second-order valence-electron chi connectivity index (χ2n) is 2.63. The third kappa shape index (κ3) is 2.80. The summed E-state index contributed by atoms with van der Waals surface area (Å²) in [5.41, 5.74) is 0. The molecule has 0 saturated heterocycles. The smallest absolute Gasteiger partial charge is 0.204 e. The minimum atomic E-state index is 0.175. The lowest BCUT2D eigenvalue weighted by atomic mass is 10.3. The van der Waals surface area contributed by atoms with Gasteiger partial charge in [0.2, 0.25) is 5.75 Å². The lowest BCUT2D eigenvalue weighted by molar-refractivity contribution is 0.304. The zero-order chi connectivity index (χ0) is 11.3. The number of hydrogen-bond donors (Lipinski definition) is 0. The summed E-state index contributed by atoms with van der Waals surface area (Å²) in [4.78, 5) is 0. The predicted octanol–water partition coefficient (Wildman–Crippen LogP) is 2.48. The first-order chi connectivity index (χ1) is 7.22. The van der Waals surface area contributed by atoms with Crippen molar-refractivity contribution in [2.24, 2.45) is 0 Å². The molecule has 0 atom stereocenters. The molecule has 15 heavy (non-hydrogen) atoms. The molecule has 1 aromatic rings. The molecule has 1 rings (SSSR count). The summed E-state index contributed by atoms with van der Waals surface area (Å²) in [5.74, 6) is 4.06. The quantitative estimate of drug-likeness (QED) is 0.787. The molecule has 0 unspecified atom stereocenters. The van der Waals surface area contributed by atoms with Gasteiger partial charge in [-0.05, 0) is 12.1 Å². The highest BCUT2D eigenvalue weighted by Crippen LogP contribution is 2.39. The molecular weight excluding hydrogens is 260 g/mol. The summed E-state index contributed by atoms with van der Waals surface area (Å²) in [6.07, 6.45) is 5.12. The fourth-order valence-electron chi connectivity index (χ4n) is 1.10. The van der Waals surface area contributed by atoms with E-state index in [2.05, 4.69) is 21.9 Å². The molecule has 0 aliphatic rings. The van der Waals surface area contributed by atoms with Gasteiger partial charge < -0.3 is 14.2 Å². The molecule has 0 spiro atoms. The van der Waals surface area contributed by atoms with E-state index in [1.165, 1.54) is 0 Å². The third-order valence-corrected chi connectivity index (χ3v) is 2.18. The second-order valence-corrected chi connectivity index (χ2v) is 3.55. The Hall–Kier alpha value is -1.34. The van der Waals surface area contributed by atoms with Gasteiger partial charge >= 0.3 is 0 Å². The average molecular weight is 271 g/mol. The highest BCUT2D eigenvalue weighted by atomic mass is 79.9. The number of methoxy groups -OCH3 is 2. The third-order valence-electron chi connectivity index (χ3n) is 1.73. The number of ether oxygens (including phenoxy) is 3. The molecule has 0 amide bonds. The zero-order valence-electron chi connectivity index (χ0n) is 8.54. The van der Waals surface area contributed by atoms with E-state index in [9.17, 15) is 0 Å². The first kappa shape index (κ1) is 11.7. The van der Waals surface area contributed by atoms with Gasteiger partial charge in [-0.2, -0.15) is 0 Å². The molecule has 0 radical (unpaired) electrons. The lowest BCUT2D eigenvalue weighted by Gasteiger charge is -2.13. The van der Waals surface area contributed by atoms with Crippen LogP contribution in [-0.2, 0) is 0 Å². The van der Waals surface area contributed by atoms with Crippen LogP contribution in [0.3, 0.4) is 0 Å². The molecule has 0 aromatic heterocycles. The topological polar surface area (TPSA) is 27.7 Å². The molecule has 80 valence electrons. The highest BCUT2D eigenvalue weighted by Gasteiger charge is 2.12. The molecule has 0 fully saturated rings. The first-order valence-electron chi connectivity index (χ1n) is 4.20. The normalized spacial score (nSPS) is 9.20. The van der Waals surface area contributed by atoms with E-state index in [4.69, 9.17) is 20.6 Å². The Morgan fingerprint density at radius 3 is 2.20 bits per heavy atom. The van der Waals surface area contributed by atoms with E-state index in [-0.39, 0.29) is 6.61 Å². The molecule has 0 saturated carbocycles. The van der Waals surface area contributed by atoms with Crippen molar-refractivity contribution in [1.82, 2.24) is 0 Å². The van der Waals surface area contributed by atoms with Crippen molar-refractivity contribution in [2.75, 3.05) is 20.8 Å². The summed E-state index contributed by atoms with van der Waals surface area (Å²) in [5, 5.41) is 0. The Labute approximate surface area is 97.5 Å². The number of hydrogen-bond acceptors (Lipinski definition) is 3. The van der Waals surface area contributed by atoms with Crippen LogP contribution in [0, 0.1) is 12.3 Å². The Morgan fingerprint density at radius 2 is 1.80 bits per heavy atom. The predicted molar refractivity (Wildman–Crippen MR) is 61.6 cm³/mol. The zero-order valence-corrected chi connectivity index (χ0v) is 10.1. The van der Waals surface area contributed by atoms with Crippen LogP contribution in [0.4, 0.5) is 0 Å². The molecular formula is C11H11BrO3. The molecule has 0 bridgehead atoms. The lowest BCUT2D eigenvalue weighted by Crippen LogP contribution is -1.99. The Kier molecular flexibility index (Phi) is 4.32. The molecule has 0 aliphatic heterocycles. The summed E-state index contributed by atoms with van der Waals surface area (Å²) in [7, 11) is 3.12. The second kappa shape index (κ2) is 5.52. The fraction of sp³-hybridized carbons (Fsp3) is 0.273. The summed E-state index contributed by atoms with van der Waals surface area (Å²) in [6, 6.07) is 3.57. The maximum Gasteiger partial charge on any atom is 0.204 e. The van der Waals surface area contributed by atoms with Gasteiger partial charge in [0, 0.05) is 4.47 Å². The molecule has 1 aromatic carbocycles. The van der Waals surface area contributed by atoms with Gasteiger partial charge in [-0.1, -0.05) is 21.9 Å². The van der Waals surface area contributed by atoms with E-state index >= 15 is 0 Å². The largest absolute Gasteiger partial charge is 0.493 e. The molecule has 0 aliphatic carbocycles. The average Bonchev–Trinajstić information content (AvgIpc) is 2.26. The standard InChI is InChI=1S/C11H11BrO3/c1-4-5-15-11-9(13-2)6-8(12)7-10(11)14-3/h1,6-7H,5H2,2-3H3. The van der Waals surface area contributed by atoms with E-state index in [0.29, 0.717) is 17.2 Å². The van der Waals surface area contributed by atoms with Gasteiger partial charge in [0.1, 0.15) is 6.61 Å². The van der Waals surface area contributed by atoms with Gasteiger partial charge in [-0.15, -0.1) is 6.42 Å². The Balaban J connectivity index is 3.13. The van der Waals surface area contributed by atoms with Gasteiger partial charge in [0.15, 0.2) is 11.5 Å². The monoisotopic (exact) mass is 270 g/mol. The number of rotatable bonds is 4. The van der Waals surface area contributed by atoms with Crippen LogP contribution in [0.2, 0.25) is 0 Å². The van der Waals surface area contributed by atoms with E-state index in [1.54, 1.807) is 26.4 Å². The van der Waals surface area contributed by atoms with Crippen molar-refractivity contribution in [1.29, 1.82) is 0 Å². The van der Waals surface area contributed by atoms with Crippen LogP contribution in [0.5, 0.6) is 17.2 Å². The van der Waals surface area contributed by atoms with Crippen LogP contribution in [0.1, 0.15) is 0 Å². The van der Waals surface area contributed by atoms with Crippen molar-refractivity contribution in [3.05, 3.63) is 16.6 Å². The molecule has 0 heterocycles. The highest BCUT2D eigenvalue weighted by molar-refractivity contribution is 9.10. The summed E-state index contributed by atoms with van der Waals surface area (Å²) < 4.78 is 16.5. The van der Waals surface area contributed by atoms with Crippen molar-refractivity contribution < 1.29 is 14.2 Å². The van der Waals surface area contributed by atoms with Crippen molar-refractivity contribution >= 4 is 15.9 Å². The minimum Gasteiger partial charge on any atom is -0.493 e. The summed E-state index contributed by atoms with van der Waals surface area (Å²) >= 11 is 3.34. The Morgan fingerprint density at radius 1 is 1.27 bits per heavy atom. The maximum atomic E-state index is 5.35. The van der Waals surface area contributed by atoms with Crippen molar-refractivity contribution in [3.63, 3.8) is 0 Å². The number of terminal acetylenes is 1. The molecule has 0 N–H and O–H groups in total. The number of benzene rings is 1. The van der Waals surface area contributed by atoms with Crippen LogP contribution < -0.4 is 14.2 Å². The number of halogens is 1. The van der Waals surface area contributed by atoms with E-state index < -0.39 is 0 Å². The summed E-state index contributed by atoms with van der Waals surface area (Å²) in [6.45, 7) is 0.175. The first-order valence-corrected chi connectivity index (χ1v) is 5.00. The molecule has 4 heteroatoms. The van der Waals surface area contributed by atoms with Crippen LogP contribution in [-0.4, -0.2) is 20.8 Å². The van der Waals surface area contributed by atoms with Crippen LogP contribution in [0.15, 0.2) is 16.6 Å². The van der Waals surface area contributed by atoms with Gasteiger partial charge in [-0.25, -0.2) is 0 Å². The van der Waals surface area contributed by atoms with Gasteiger partial charge in [0.25, 0.3) is 0 Å². The van der Waals surface area contributed by atoms with Crippen LogP contribution in [0.25, 0.3) is 0 Å². The molecule has 3 nitrogen and oxygen atoms in total. The van der Waals surface area contributed by atoms with Gasteiger partial charge in [0.05, 0.1) is 14.2 Å². The van der Waals surface area contributed by atoms with Crippen LogP contribution >= 0.6 is 15.9 Å². The minimum absolute atomic E-state index is 0.175. The van der Waals surface area contributed by atoms with E-state index in [0.717, 1.165) is 4.47 Å². The van der Waals surface area contributed by atoms with Gasteiger partial charge in [-0.3, -0.25) is 0 Å². The Bertz CT molecular complexity index is 357.